The van der Waals surface area contributed by atoms with Crippen LogP contribution in [0, 0.1) is 5.82 Å². The minimum absolute atomic E-state index is 0.120. The van der Waals surface area contributed by atoms with E-state index in [2.05, 4.69) is 5.32 Å². The van der Waals surface area contributed by atoms with E-state index >= 15 is 0 Å². The summed E-state index contributed by atoms with van der Waals surface area (Å²) in [5, 5.41) is 13.8. The quantitative estimate of drug-likeness (QED) is 0.633. The Bertz CT molecular complexity index is 1000. The monoisotopic (exact) mass is 390 g/mol. The lowest BCUT2D eigenvalue weighted by molar-refractivity contribution is 0.340. The van der Waals surface area contributed by atoms with Gasteiger partial charge in [-0.05, 0) is 60.5 Å². The van der Waals surface area contributed by atoms with E-state index in [9.17, 15) is 9.50 Å². The maximum absolute atomic E-state index is 13.4. The van der Waals surface area contributed by atoms with Crippen molar-refractivity contribution in [2.75, 3.05) is 6.61 Å². The smallest absolute Gasteiger partial charge is 0.126 e. The number of nitrogens with zero attached hydrogens (tertiary/aromatic N) is 1. The van der Waals surface area contributed by atoms with Gasteiger partial charge in [0.15, 0.2) is 0 Å². The predicted molar refractivity (Wildman–Crippen MR) is 112 cm³/mol. The number of para-hydroxylation sites is 1. The largest absolute Gasteiger partial charge is 0.508 e. The Labute approximate surface area is 169 Å². The molecule has 5 heteroatoms. The van der Waals surface area contributed by atoms with Crippen LogP contribution in [0.25, 0.3) is 0 Å². The van der Waals surface area contributed by atoms with Crippen molar-refractivity contribution in [3.8, 4) is 11.5 Å². The second kappa shape index (κ2) is 8.45. The molecule has 0 saturated heterocycles. The molecule has 4 rings (SSSR count). The van der Waals surface area contributed by atoms with Crippen LogP contribution in [0.1, 0.15) is 42.2 Å². The van der Waals surface area contributed by atoms with Gasteiger partial charge in [0.05, 0.1) is 6.61 Å². The molecule has 0 radical (unpaired) electrons. The standard InChI is InChI=1S/C24H23FN2O2/c1-2-29-19-13-9-16(10-14-19)21-15-22(20-5-3-4-6-23(20)28)27-24(26-21)17-7-11-18(25)12-8-17/h3-14,22,24,27-28H,2,15H2,1H3. The molecule has 1 heterocycles. The van der Waals surface area contributed by atoms with Crippen LogP contribution >= 0.6 is 0 Å². The van der Waals surface area contributed by atoms with Gasteiger partial charge in [-0.2, -0.15) is 0 Å². The normalized spacial score (nSPS) is 18.9. The van der Waals surface area contributed by atoms with Gasteiger partial charge in [0.1, 0.15) is 23.5 Å². The predicted octanol–water partition coefficient (Wildman–Crippen LogP) is 5.15. The van der Waals surface area contributed by atoms with Gasteiger partial charge in [-0.25, -0.2) is 4.39 Å². The van der Waals surface area contributed by atoms with Gasteiger partial charge < -0.3 is 9.84 Å². The van der Waals surface area contributed by atoms with Crippen molar-refractivity contribution >= 4 is 5.71 Å². The average Bonchev–Trinajstić information content (AvgIpc) is 2.75. The third-order valence-corrected chi connectivity index (χ3v) is 5.04. The van der Waals surface area contributed by atoms with E-state index in [4.69, 9.17) is 9.73 Å². The summed E-state index contributed by atoms with van der Waals surface area (Å²) in [6, 6.07) is 21.4. The van der Waals surface area contributed by atoms with E-state index in [1.807, 2.05) is 43.3 Å². The Morgan fingerprint density at radius 1 is 1.03 bits per heavy atom. The first-order valence-corrected chi connectivity index (χ1v) is 9.73. The van der Waals surface area contributed by atoms with Crippen LogP contribution in [-0.2, 0) is 0 Å². The lowest BCUT2D eigenvalue weighted by atomic mass is 9.93. The number of phenols is 1. The Morgan fingerprint density at radius 3 is 2.45 bits per heavy atom. The molecule has 0 spiro atoms. The number of rotatable bonds is 5. The summed E-state index contributed by atoms with van der Waals surface area (Å²) in [4.78, 5) is 4.89. The molecule has 2 N–H and O–H groups in total. The average molecular weight is 390 g/mol. The molecule has 3 aromatic rings. The van der Waals surface area contributed by atoms with Gasteiger partial charge >= 0.3 is 0 Å². The van der Waals surface area contributed by atoms with Crippen LogP contribution < -0.4 is 10.1 Å². The maximum atomic E-state index is 13.4. The summed E-state index contributed by atoms with van der Waals surface area (Å²) < 4.78 is 18.9. The minimum atomic E-state index is -0.337. The van der Waals surface area contributed by atoms with Gasteiger partial charge in [-0.15, -0.1) is 0 Å². The van der Waals surface area contributed by atoms with Crippen molar-refractivity contribution in [3.63, 3.8) is 0 Å². The van der Waals surface area contributed by atoms with Crippen molar-refractivity contribution in [1.29, 1.82) is 0 Å². The van der Waals surface area contributed by atoms with Gasteiger partial charge in [0.2, 0.25) is 0 Å². The highest BCUT2D eigenvalue weighted by atomic mass is 19.1. The second-order valence-electron chi connectivity index (χ2n) is 6.97. The van der Waals surface area contributed by atoms with Crippen LogP contribution in [0.15, 0.2) is 77.8 Å². The SMILES string of the molecule is CCOc1ccc(C2=NC(c3ccc(F)cc3)NC(c3ccccc3O)C2)cc1. The summed E-state index contributed by atoms with van der Waals surface area (Å²) in [6.07, 6.45) is 0.291. The van der Waals surface area contributed by atoms with Crippen molar-refractivity contribution in [1.82, 2.24) is 5.32 Å². The fourth-order valence-electron chi connectivity index (χ4n) is 3.59. The zero-order chi connectivity index (χ0) is 20.2. The zero-order valence-corrected chi connectivity index (χ0v) is 16.2. The number of hydrogen-bond acceptors (Lipinski definition) is 4. The first-order chi connectivity index (χ1) is 14.1. The van der Waals surface area contributed by atoms with E-state index in [1.165, 1.54) is 12.1 Å². The number of aliphatic imine (C=N–C) groups is 1. The number of phenolic OH excluding ortho intramolecular Hbond substituents is 1. The molecule has 0 amide bonds. The molecule has 0 aromatic heterocycles. The Kier molecular flexibility index (Phi) is 5.58. The van der Waals surface area contributed by atoms with E-state index in [0.717, 1.165) is 28.2 Å². The second-order valence-corrected chi connectivity index (χ2v) is 6.97. The summed E-state index contributed by atoms with van der Waals surface area (Å²) in [6.45, 7) is 2.57. The highest BCUT2D eigenvalue weighted by Crippen LogP contribution is 2.34. The molecule has 0 fully saturated rings. The first-order valence-electron chi connectivity index (χ1n) is 9.73. The lowest BCUT2D eigenvalue weighted by Gasteiger charge is -2.31. The number of benzene rings is 3. The summed E-state index contributed by atoms with van der Waals surface area (Å²) >= 11 is 0. The van der Waals surface area contributed by atoms with Crippen molar-refractivity contribution in [2.24, 2.45) is 4.99 Å². The number of aromatic hydroxyl groups is 1. The fraction of sp³-hybridized carbons (Fsp3) is 0.208. The molecule has 1 aliphatic heterocycles. The summed E-state index contributed by atoms with van der Waals surface area (Å²) in [5.74, 6) is 0.784. The lowest BCUT2D eigenvalue weighted by Crippen LogP contribution is -2.33. The number of nitrogens with one attached hydrogen (secondary N) is 1. The topological polar surface area (TPSA) is 53.8 Å². The fourth-order valence-corrected chi connectivity index (χ4v) is 3.59. The summed E-state index contributed by atoms with van der Waals surface area (Å²) in [5.41, 5.74) is 3.62. The summed E-state index contributed by atoms with van der Waals surface area (Å²) in [7, 11) is 0. The molecule has 0 bridgehead atoms. The van der Waals surface area contributed by atoms with E-state index in [1.54, 1.807) is 24.3 Å². The van der Waals surface area contributed by atoms with Crippen molar-refractivity contribution in [3.05, 3.63) is 95.3 Å². The van der Waals surface area contributed by atoms with Crippen molar-refractivity contribution in [2.45, 2.75) is 25.6 Å². The number of hydrogen-bond donors (Lipinski definition) is 2. The van der Waals surface area contributed by atoms with Gasteiger partial charge in [0, 0.05) is 23.7 Å². The molecule has 29 heavy (non-hydrogen) atoms. The third kappa shape index (κ3) is 4.30. The number of ether oxygens (including phenoxy) is 1. The van der Waals surface area contributed by atoms with E-state index in [-0.39, 0.29) is 23.8 Å². The molecule has 0 aliphatic carbocycles. The van der Waals surface area contributed by atoms with Crippen LogP contribution in [0.4, 0.5) is 4.39 Å². The van der Waals surface area contributed by atoms with Crippen LogP contribution in [-0.4, -0.2) is 17.4 Å². The Morgan fingerprint density at radius 2 is 1.76 bits per heavy atom. The molecule has 0 saturated carbocycles. The highest BCUT2D eigenvalue weighted by molar-refractivity contribution is 6.01. The zero-order valence-electron chi connectivity index (χ0n) is 16.2. The minimum Gasteiger partial charge on any atom is -0.508 e. The molecule has 2 unspecified atom stereocenters. The maximum Gasteiger partial charge on any atom is 0.126 e. The molecular weight excluding hydrogens is 367 g/mol. The Hall–Kier alpha value is -3.18. The molecule has 4 nitrogen and oxygen atoms in total. The molecule has 3 aromatic carbocycles. The molecular formula is C24H23FN2O2. The highest BCUT2D eigenvalue weighted by Gasteiger charge is 2.27. The van der Waals surface area contributed by atoms with Gasteiger partial charge in [-0.1, -0.05) is 30.3 Å². The first kappa shape index (κ1) is 19.2. The number of halogens is 1. The van der Waals surface area contributed by atoms with Crippen LogP contribution in [0.3, 0.4) is 0 Å². The molecule has 2 atom stereocenters. The van der Waals surface area contributed by atoms with Gasteiger partial charge in [0.25, 0.3) is 0 Å². The van der Waals surface area contributed by atoms with Crippen LogP contribution in [0.2, 0.25) is 0 Å². The van der Waals surface area contributed by atoms with Gasteiger partial charge in [-0.3, -0.25) is 10.3 Å². The van der Waals surface area contributed by atoms with E-state index < -0.39 is 0 Å². The van der Waals surface area contributed by atoms with E-state index in [0.29, 0.717) is 13.0 Å². The third-order valence-electron chi connectivity index (χ3n) is 5.04. The Balaban J connectivity index is 1.71. The molecule has 1 aliphatic rings. The van der Waals surface area contributed by atoms with Crippen molar-refractivity contribution < 1.29 is 14.2 Å². The van der Waals surface area contributed by atoms with Crippen LogP contribution in [0.5, 0.6) is 11.5 Å². The molecule has 148 valence electrons.